The minimum Gasteiger partial charge on any atom is -0.497 e. The zero-order chi connectivity index (χ0) is 44.2. The molecule has 4 aromatic carbocycles. The van der Waals surface area contributed by atoms with Crippen LogP contribution in [0.4, 0.5) is 5.82 Å². The van der Waals surface area contributed by atoms with Gasteiger partial charge in [0.25, 0.3) is 14.4 Å². The zero-order valence-electron chi connectivity index (χ0n) is 36.0. The van der Waals surface area contributed by atoms with Crippen molar-refractivity contribution in [1.82, 2.24) is 14.2 Å². The highest BCUT2D eigenvalue weighted by Crippen LogP contribution is 2.51. The summed E-state index contributed by atoms with van der Waals surface area (Å²) < 4.78 is 48.3. The van der Waals surface area contributed by atoms with Gasteiger partial charge in [0.05, 0.1) is 39.9 Å². The lowest BCUT2D eigenvalue weighted by Gasteiger charge is -2.39. The van der Waals surface area contributed by atoms with Crippen LogP contribution in [0.25, 0.3) is 0 Å². The van der Waals surface area contributed by atoms with Crippen molar-refractivity contribution < 1.29 is 37.5 Å². The third-order valence-corrected chi connectivity index (χ3v) is 12.6. The van der Waals surface area contributed by atoms with Crippen molar-refractivity contribution >= 4 is 20.3 Å². The molecule has 14 nitrogen and oxygen atoms in total. The standard InChI is InChI=1S/C47H54N5O9P/c1-32(2)52(33(3)4)62(59-30-14-28-48)61-42-40(60-45(43(42)57-7)51-29-27-41(50-46(51)54)49-44(53)34-15-10-8-11-16-34)31-58-47(35-17-12-9-13-18-35,36-19-23-38(55-5)24-20-36)37-21-25-39(56-6)26-22-37/h8-13,15-27,29,32-33,40,42-43,45H,14,30-31H2,1-7H3,(H,49,50,53,54). The third kappa shape index (κ3) is 10.4. The molecule has 0 aliphatic carbocycles. The second-order valence-electron chi connectivity index (χ2n) is 15.0. The summed E-state index contributed by atoms with van der Waals surface area (Å²) in [5.41, 5.74) is 0.990. The zero-order valence-corrected chi connectivity index (χ0v) is 36.9. The van der Waals surface area contributed by atoms with E-state index in [1.807, 2.05) is 84.9 Å². The van der Waals surface area contributed by atoms with Crippen LogP contribution in [0, 0.1) is 11.3 Å². The average Bonchev–Trinajstić information content (AvgIpc) is 3.63. The number of anilines is 1. The van der Waals surface area contributed by atoms with Gasteiger partial charge in [-0.2, -0.15) is 10.2 Å². The predicted octanol–water partition coefficient (Wildman–Crippen LogP) is 8.10. The second kappa shape index (κ2) is 21.5. The molecule has 5 atom stereocenters. The Morgan fingerprint density at radius 2 is 1.40 bits per heavy atom. The van der Waals surface area contributed by atoms with Crippen LogP contribution in [0.5, 0.6) is 11.5 Å². The van der Waals surface area contributed by atoms with E-state index < -0.39 is 50.3 Å². The van der Waals surface area contributed by atoms with E-state index in [0.29, 0.717) is 17.1 Å². The first-order valence-electron chi connectivity index (χ1n) is 20.4. The maximum absolute atomic E-state index is 13.9. The number of nitrogens with one attached hydrogen (secondary N) is 1. The lowest BCUT2D eigenvalue weighted by atomic mass is 9.80. The molecule has 0 spiro atoms. The summed E-state index contributed by atoms with van der Waals surface area (Å²) in [6.45, 7) is 8.28. The van der Waals surface area contributed by atoms with Crippen LogP contribution in [0.15, 0.2) is 126 Å². The molecule has 1 aliphatic heterocycles. The van der Waals surface area contributed by atoms with Crippen LogP contribution in [0.1, 0.15) is 67.4 Å². The molecule has 6 rings (SSSR count). The van der Waals surface area contributed by atoms with Crippen molar-refractivity contribution in [1.29, 1.82) is 5.26 Å². The van der Waals surface area contributed by atoms with Crippen LogP contribution < -0.4 is 20.5 Å². The van der Waals surface area contributed by atoms with E-state index in [2.05, 4.69) is 48.7 Å². The van der Waals surface area contributed by atoms with E-state index >= 15 is 0 Å². The van der Waals surface area contributed by atoms with Gasteiger partial charge in [-0.15, -0.1) is 0 Å². The van der Waals surface area contributed by atoms with Crippen LogP contribution in [-0.4, -0.2) is 85.1 Å². The van der Waals surface area contributed by atoms with Gasteiger partial charge < -0.3 is 38.0 Å². The van der Waals surface area contributed by atoms with Crippen molar-refractivity contribution in [2.24, 2.45) is 0 Å². The fourth-order valence-electron chi connectivity index (χ4n) is 7.58. The summed E-state index contributed by atoms with van der Waals surface area (Å²) in [6.07, 6.45) is -1.99. The highest BCUT2D eigenvalue weighted by molar-refractivity contribution is 7.44. The number of rotatable bonds is 20. The third-order valence-electron chi connectivity index (χ3n) is 10.5. The molecule has 0 bridgehead atoms. The van der Waals surface area contributed by atoms with E-state index in [9.17, 15) is 14.9 Å². The summed E-state index contributed by atoms with van der Waals surface area (Å²) >= 11 is 0. The molecule has 1 saturated heterocycles. The molecule has 1 fully saturated rings. The van der Waals surface area contributed by atoms with Crippen LogP contribution in [0.2, 0.25) is 0 Å². The first-order chi connectivity index (χ1) is 30.0. The Morgan fingerprint density at radius 1 is 0.839 bits per heavy atom. The number of nitrogens with zero attached hydrogens (tertiary/aromatic N) is 4. The number of ether oxygens (including phenoxy) is 5. The molecule has 1 aromatic heterocycles. The van der Waals surface area contributed by atoms with E-state index in [4.69, 9.17) is 32.7 Å². The first-order valence-corrected chi connectivity index (χ1v) is 21.5. The molecule has 326 valence electrons. The quantitative estimate of drug-likeness (QED) is 0.0457. The number of carbonyl (C=O) groups excluding carboxylic acids is 1. The van der Waals surface area contributed by atoms with Gasteiger partial charge in [0.2, 0.25) is 0 Å². The van der Waals surface area contributed by atoms with E-state index in [-0.39, 0.29) is 37.5 Å². The highest BCUT2D eigenvalue weighted by Gasteiger charge is 2.51. The largest absolute Gasteiger partial charge is 0.497 e. The Labute approximate surface area is 364 Å². The molecule has 1 aliphatic rings. The van der Waals surface area contributed by atoms with Gasteiger partial charge in [-0.1, -0.05) is 72.8 Å². The van der Waals surface area contributed by atoms with Gasteiger partial charge in [0.1, 0.15) is 41.2 Å². The molecular weight excluding hydrogens is 810 g/mol. The normalized spacial score (nSPS) is 18.1. The molecule has 1 amide bonds. The van der Waals surface area contributed by atoms with Crippen LogP contribution in [0.3, 0.4) is 0 Å². The fourth-order valence-corrected chi connectivity index (χ4v) is 9.35. The van der Waals surface area contributed by atoms with E-state index in [1.54, 1.807) is 38.5 Å². The summed E-state index contributed by atoms with van der Waals surface area (Å²) in [5.74, 6) is 1.02. The monoisotopic (exact) mass is 863 g/mol. The number of methoxy groups -OCH3 is 3. The van der Waals surface area contributed by atoms with Crippen molar-refractivity contribution in [2.75, 3.05) is 39.9 Å². The summed E-state index contributed by atoms with van der Waals surface area (Å²) in [7, 11) is 2.95. The van der Waals surface area contributed by atoms with Gasteiger partial charge >= 0.3 is 5.69 Å². The SMILES string of the molecule is COc1ccc(C(OCC2OC(n3ccc(NC(=O)c4ccccc4)nc3=O)C(OC)C2OP(OCCC#N)N(C(C)C)C(C)C)(c2ccccc2)c2ccc(OC)cc2)cc1. The lowest BCUT2D eigenvalue weighted by molar-refractivity contribution is -0.0957. The number of carbonyl (C=O) groups is 1. The number of aromatic nitrogens is 2. The Hall–Kier alpha value is -5.49. The Balaban J connectivity index is 1.44. The van der Waals surface area contributed by atoms with E-state index in [1.165, 1.54) is 23.9 Å². The minimum absolute atomic E-state index is 0.00153. The van der Waals surface area contributed by atoms with Gasteiger partial charge in [0, 0.05) is 31.0 Å². The molecular formula is C47H54N5O9P. The smallest absolute Gasteiger partial charge is 0.351 e. The summed E-state index contributed by atoms with van der Waals surface area (Å²) in [4.78, 5) is 31.0. The molecule has 5 aromatic rings. The molecule has 1 N–H and O–H groups in total. The molecule has 0 radical (unpaired) electrons. The maximum Gasteiger partial charge on any atom is 0.351 e. The number of hydrogen-bond donors (Lipinski definition) is 1. The maximum atomic E-state index is 13.9. The Bertz CT molecular complexity index is 2230. The van der Waals surface area contributed by atoms with Crippen molar-refractivity contribution in [2.45, 2.75) is 76.3 Å². The van der Waals surface area contributed by atoms with Crippen molar-refractivity contribution in [3.8, 4) is 17.6 Å². The predicted molar refractivity (Wildman–Crippen MR) is 236 cm³/mol. The number of hydrogen-bond acceptors (Lipinski definition) is 12. The molecule has 0 saturated carbocycles. The van der Waals surface area contributed by atoms with Crippen molar-refractivity contribution in [3.05, 3.63) is 154 Å². The highest BCUT2D eigenvalue weighted by atomic mass is 31.2. The van der Waals surface area contributed by atoms with Crippen molar-refractivity contribution in [3.63, 3.8) is 0 Å². The van der Waals surface area contributed by atoms with Gasteiger partial charge in [-0.25, -0.2) is 9.46 Å². The minimum atomic E-state index is -1.81. The number of nitriles is 1. The second-order valence-corrected chi connectivity index (χ2v) is 16.4. The number of amides is 1. The molecule has 15 heteroatoms. The van der Waals surface area contributed by atoms with E-state index in [0.717, 1.165) is 16.7 Å². The number of benzene rings is 4. The Kier molecular flexibility index (Phi) is 16.0. The first kappa shape index (κ1) is 46.0. The molecule has 62 heavy (non-hydrogen) atoms. The van der Waals surface area contributed by atoms with Crippen LogP contribution in [-0.2, 0) is 28.9 Å². The van der Waals surface area contributed by atoms with Gasteiger partial charge in [0.15, 0.2) is 6.23 Å². The lowest BCUT2D eigenvalue weighted by Crippen LogP contribution is -2.43. The van der Waals surface area contributed by atoms with Gasteiger partial charge in [-0.3, -0.25) is 9.36 Å². The summed E-state index contributed by atoms with van der Waals surface area (Å²) in [6, 6.07) is 37.6. The summed E-state index contributed by atoms with van der Waals surface area (Å²) in [5, 5.41) is 12.1. The van der Waals surface area contributed by atoms with Crippen LogP contribution >= 0.6 is 8.53 Å². The Morgan fingerprint density at radius 3 is 1.92 bits per heavy atom. The fraction of sp³-hybridized carbons (Fsp3) is 0.362. The molecule has 5 unspecified atom stereocenters. The average molecular weight is 864 g/mol. The topological polar surface area (TPSA) is 156 Å². The molecule has 2 heterocycles. The van der Waals surface area contributed by atoms with Gasteiger partial charge in [-0.05, 0) is 86.8 Å².